The minimum absolute atomic E-state index is 0.228. The molecule has 0 radical (unpaired) electrons. The molecule has 1 amide bonds. The Labute approximate surface area is 99.8 Å². The number of rotatable bonds is 4. The summed E-state index contributed by atoms with van der Waals surface area (Å²) in [4.78, 5) is 21.8. The third kappa shape index (κ3) is 3.07. The van der Waals surface area contributed by atoms with Crippen LogP contribution in [0.3, 0.4) is 0 Å². The summed E-state index contributed by atoms with van der Waals surface area (Å²) in [6.07, 6.45) is 0.592. The number of amides is 1. The molecule has 0 aromatic heterocycles. The van der Waals surface area contributed by atoms with Crippen LogP contribution in [0.4, 0.5) is 4.79 Å². The predicted molar refractivity (Wildman–Crippen MR) is 60.4 cm³/mol. The van der Waals surface area contributed by atoms with Crippen LogP contribution in [0.1, 0.15) is 26.7 Å². The second kappa shape index (κ2) is 4.89. The molecule has 0 saturated carbocycles. The molecular weight excluding hydrogens is 226 g/mol. The van der Waals surface area contributed by atoms with Gasteiger partial charge >= 0.3 is 12.1 Å². The van der Waals surface area contributed by atoms with Crippen LogP contribution < -0.4 is 5.73 Å². The average Bonchev–Trinajstić information content (AvgIpc) is 2.53. The summed E-state index contributed by atoms with van der Waals surface area (Å²) in [5.74, 6) is -1.20. The average molecular weight is 245 g/mol. The quantitative estimate of drug-likeness (QED) is 0.651. The first kappa shape index (κ1) is 13.7. The Morgan fingerprint density at radius 2 is 2.06 bits per heavy atom. The molecule has 7 heteroatoms. The number of nitrogens with zero attached hydrogens (tertiary/aromatic N) is 2. The largest absolute Gasteiger partial charge is 0.480 e. The molecule has 17 heavy (non-hydrogen) atoms. The zero-order chi connectivity index (χ0) is 13.2. The summed E-state index contributed by atoms with van der Waals surface area (Å²) in [5.41, 5.74) is 5.10. The molecule has 1 heterocycles. The summed E-state index contributed by atoms with van der Waals surface area (Å²) in [7, 11) is 0. The molecule has 98 valence electrons. The van der Waals surface area contributed by atoms with Crippen LogP contribution in [0.25, 0.3) is 0 Å². The summed E-state index contributed by atoms with van der Waals surface area (Å²) < 4.78 is 0. The molecule has 1 fully saturated rings. The van der Waals surface area contributed by atoms with Crippen molar-refractivity contribution >= 4 is 12.1 Å². The van der Waals surface area contributed by atoms with Crippen molar-refractivity contribution in [1.82, 2.24) is 10.0 Å². The number of hydrogen-bond donors (Lipinski definition) is 3. The first-order valence-electron chi connectivity index (χ1n) is 5.52. The number of carboxylic acid groups (broad SMARTS) is 2. The van der Waals surface area contributed by atoms with E-state index in [1.54, 1.807) is 5.01 Å². The highest BCUT2D eigenvalue weighted by Crippen LogP contribution is 2.29. The van der Waals surface area contributed by atoms with Crippen LogP contribution >= 0.6 is 0 Å². The van der Waals surface area contributed by atoms with Gasteiger partial charge in [-0.3, -0.25) is 4.79 Å². The van der Waals surface area contributed by atoms with E-state index in [1.807, 2.05) is 13.8 Å². The Hall–Kier alpha value is -1.34. The van der Waals surface area contributed by atoms with Gasteiger partial charge in [-0.15, -0.1) is 0 Å². The third-order valence-corrected chi connectivity index (χ3v) is 3.06. The second-order valence-electron chi connectivity index (χ2n) is 4.85. The lowest BCUT2D eigenvalue weighted by molar-refractivity contribution is -0.140. The van der Waals surface area contributed by atoms with E-state index in [9.17, 15) is 9.59 Å². The lowest BCUT2D eigenvalue weighted by atomic mass is 10.0. The van der Waals surface area contributed by atoms with Gasteiger partial charge in [-0.25, -0.2) is 14.8 Å². The topological polar surface area (TPSA) is 107 Å². The predicted octanol–water partition coefficient (Wildman–Crippen LogP) is 0.168. The maximum Gasteiger partial charge on any atom is 0.422 e. The highest BCUT2D eigenvalue weighted by atomic mass is 16.4. The Balaban J connectivity index is 2.79. The molecule has 1 atom stereocenters. The van der Waals surface area contributed by atoms with Crippen LogP contribution in [0.5, 0.6) is 0 Å². The molecule has 4 N–H and O–H groups in total. The zero-order valence-corrected chi connectivity index (χ0v) is 10.1. The molecule has 0 spiro atoms. The monoisotopic (exact) mass is 245 g/mol. The summed E-state index contributed by atoms with van der Waals surface area (Å²) in [6, 6.07) is -1.21. The second-order valence-corrected chi connectivity index (χ2v) is 4.85. The normalized spacial score (nSPS) is 21.1. The van der Waals surface area contributed by atoms with Gasteiger partial charge in [-0.05, 0) is 26.7 Å². The Morgan fingerprint density at radius 1 is 1.47 bits per heavy atom. The standard InChI is InChI=1S/C10H19N3O4/c1-10(2)4-3-5-13(10)12(9(16)17)6-7(11)8(14)15/h7H,3-6,11H2,1-2H3,(H,14,15)(H,16,17)/t7-/m0/s1. The van der Waals surface area contributed by atoms with Crippen molar-refractivity contribution in [2.45, 2.75) is 38.3 Å². The molecule has 1 rings (SSSR count). The van der Waals surface area contributed by atoms with Crippen LogP contribution in [0, 0.1) is 0 Å². The Morgan fingerprint density at radius 3 is 2.41 bits per heavy atom. The number of nitrogens with two attached hydrogens (primary N) is 1. The smallest absolute Gasteiger partial charge is 0.422 e. The van der Waals surface area contributed by atoms with Gasteiger partial charge in [-0.2, -0.15) is 0 Å². The first-order chi connectivity index (χ1) is 7.75. The SMILES string of the molecule is CC1(C)CCCN1N(C[C@H](N)C(=O)O)C(=O)O. The van der Waals surface area contributed by atoms with Gasteiger partial charge in [0.15, 0.2) is 0 Å². The van der Waals surface area contributed by atoms with Crippen molar-refractivity contribution in [3.05, 3.63) is 0 Å². The van der Waals surface area contributed by atoms with Gasteiger partial charge < -0.3 is 15.9 Å². The minimum atomic E-state index is -1.21. The van der Waals surface area contributed by atoms with Gasteiger partial charge in [-0.1, -0.05) is 0 Å². The Bertz CT molecular complexity index is 319. The molecule has 0 aromatic carbocycles. The Kier molecular flexibility index (Phi) is 3.94. The highest BCUT2D eigenvalue weighted by molar-refractivity contribution is 5.74. The molecule has 7 nitrogen and oxygen atoms in total. The van der Waals surface area contributed by atoms with Crippen LogP contribution in [0.15, 0.2) is 0 Å². The molecule has 1 aliphatic heterocycles. The molecule has 0 bridgehead atoms. The van der Waals surface area contributed by atoms with E-state index in [4.69, 9.17) is 15.9 Å². The maximum atomic E-state index is 11.2. The maximum absolute atomic E-state index is 11.2. The van der Waals surface area contributed by atoms with E-state index in [2.05, 4.69) is 0 Å². The van der Waals surface area contributed by atoms with Crippen molar-refractivity contribution < 1.29 is 19.8 Å². The van der Waals surface area contributed by atoms with Crippen molar-refractivity contribution in [3.8, 4) is 0 Å². The van der Waals surface area contributed by atoms with Crippen LogP contribution in [-0.2, 0) is 4.79 Å². The molecule has 0 unspecified atom stereocenters. The fraction of sp³-hybridized carbons (Fsp3) is 0.800. The van der Waals surface area contributed by atoms with E-state index in [1.165, 1.54) is 0 Å². The van der Waals surface area contributed by atoms with Crippen molar-refractivity contribution in [2.75, 3.05) is 13.1 Å². The number of carboxylic acids is 1. The number of aliphatic carboxylic acids is 1. The van der Waals surface area contributed by atoms with Gasteiger partial charge in [0, 0.05) is 12.1 Å². The lowest BCUT2D eigenvalue weighted by Gasteiger charge is -2.39. The lowest BCUT2D eigenvalue weighted by Crippen LogP contribution is -2.57. The fourth-order valence-corrected chi connectivity index (χ4v) is 2.08. The van der Waals surface area contributed by atoms with Crippen molar-refractivity contribution in [3.63, 3.8) is 0 Å². The number of carbonyl (C=O) groups is 2. The number of hydrazine groups is 1. The van der Waals surface area contributed by atoms with Crippen molar-refractivity contribution in [1.29, 1.82) is 0 Å². The summed E-state index contributed by atoms with van der Waals surface area (Å²) in [6.45, 7) is 4.24. The van der Waals surface area contributed by atoms with Gasteiger partial charge in [0.1, 0.15) is 6.04 Å². The van der Waals surface area contributed by atoms with Crippen LogP contribution in [0.2, 0.25) is 0 Å². The van der Waals surface area contributed by atoms with Gasteiger partial charge in [0.2, 0.25) is 0 Å². The highest BCUT2D eigenvalue weighted by Gasteiger charge is 2.39. The van der Waals surface area contributed by atoms with Gasteiger partial charge in [0.05, 0.1) is 6.54 Å². The summed E-state index contributed by atoms with van der Waals surface area (Å²) in [5, 5.41) is 20.6. The molecule has 1 saturated heterocycles. The van der Waals surface area contributed by atoms with Crippen LogP contribution in [-0.4, -0.2) is 57.0 Å². The zero-order valence-electron chi connectivity index (χ0n) is 10.1. The molecular formula is C10H19N3O4. The molecule has 0 aliphatic carbocycles. The fourth-order valence-electron chi connectivity index (χ4n) is 2.08. The van der Waals surface area contributed by atoms with E-state index in [0.717, 1.165) is 17.9 Å². The van der Waals surface area contributed by atoms with E-state index in [-0.39, 0.29) is 12.1 Å². The van der Waals surface area contributed by atoms with Crippen molar-refractivity contribution in [2.24, 2.45) is 5.73 Å². The summed E-state index contributed by atoms with van der Waals surface area (Å²) >= 11 is 0. The van der Waals surface area contributed by atoms with E-state index >= 15 is 0 Å². The minimum Gasteiger partial charge on any atom is -0.480 e. The van der Waals surface area contributed by atoms with E-state index in [0.29, 0.717) is 6.54 Å². The first-order valence-corrected chi connectivity index (χ1v) is 5.52. The van der Waals surface area contributed by atoms with Gasteiger partial charge in [0.25, 0.3) is 0 Å². The molecule has 1 aliphatic rings. The molecule has 0 aromatic rings. The van der Waals surface area contributed by atoms with E-state index < -0.39 is 18.1 Å². The number of hydrogen-bond acceptors (Lipinski definition) is 4. The third-order valence-electron chi connectivity index (χ3n) is 3.06.